The molecule has 1 unspecified atom stereocenters. The van der Waals surface area contributed by atoms with Crippen LogP contribution in [0, 0.1) is 0 Å². The summed E-state index contributed by atoms with van der Waals surface area (Å²) >= 11 is 6.16. The van der Waals surface area contributed by atoms with Gasteiger partial charge in [0.15, 0.2) is 0 Å². The van der Waals surface area contributed by atoms with E-state index in [9.17, 15) is 9.59 Å². The van der Waals surface area contributed by atoms with Crippen molar-refractivity contribution in [1.29, 1.82) is 0 Å². The van der Waals surface area contributed by atoms with Crippen LogP contribution >= 0.6 is 11.6 Å². The number of hydrogen-bond donors (Lipinski definition) is 1. The minimum atomic E-state index is -0.569. The van der Waals surface area contributed by atoms with E-state index in [1.807, 2.05) is 30.3 Å². The second kappa shape index (κ2) is 7.48. The Morgan fingerprint density at radius 2 is 2.04 bits per heavy atom. The zero-order chi connectivity index (χ0) is 19.7. The number of aromatic nitrogens is 1. The summed E-state index contributed by atoms with van der Waals surface area (Å²) in [4.78, 5) is 31.0. The van der Waals surface area contributed by atoms with Crippen LogP contribution in [0.15, 0.2) is 54.9 Å². The van der Waals surface area contributed by atoms with Gasteiger partial charge in [0.05, 0.1) is 24.9 Å². The zero-order valence-corrected chi connectivity index (χ0v) is 15.9. The lowest BCUT2D eigenvalue weighted by atomic mass is 9.89. The lowest BCUT2D eigenvalue weighted by Crippen LogP contribution is -2.42. The monoisotopic (exact) mass is 395 g/mol. The first-order valence-electron chi connectivity index (χ1n) is 8.81. The van der Waals surface area contributed by atoms with Crippen molar-refractivity contribution in [3.63, 3.8) is 0 Å². The average Bonchev–Trinajstić information content (AvgIpc) is 2.72. The molecular weight excluding hydrogens is 378 g/mol. The summed E-state index contributed by atoms with van der Waals surface area (Å²) in [6.45, 7) is 0.586. The maximum Gasteiger partial charge on any atom is 0.409 e. The molecule has 1 atom stereocenters. The van der Waals surface area contributed by atoms with Crippen LogP contribution in [0.25, 0.3) is 10.8 Å². The Kier molecular flexibility index (Phi) is 4.88. The van der Waals surface area contributed by atoms with E-state index < -0.39 is 12.0 Å². The van der Waals surface area contributed by atoms with Crippen LogP contribution in [0.5, 0.6) is 0 Å². The second-order valence-corrected chi connectivity index (χ2v) is 7.08. The Bertz CT molecular complexity index is 1060. The molecule has 6 nitrogen and oxygen atoms in total. The highest BCUT2D eigenvalue weighted by atomic mass is 35.5. The first kappa shape index (κ1) is 18.3. The van der Waals surface area contributed by atoms with Crippen LogP contribution in [0.1, 0.15) is 17.0 Å². The number of nitrogens with one attached hydrogen (secondary N) is 1. The van der Waals surface area contributed by atoms with Gasteiger partial charge in [-0.1, -0.05) is 41.9 Å². The Balaban J connectivity index is 1.69. The fourth-order valence-electron chi connectivity index (χ4n) is 3.55. The van der Waals surface area contributed by atoms with Crippen molar-refractivity contribution in [1.82, 2.24) is 9.88 Å². The molecule has 0 bridgehead atoms. The summed E-state index contributed by atoms with van der Waals surface area (Å²) in [7, 11) is 1.33. The van der Waals surface area contributed by atoms with Crippen molar-refractivity contribution < 1.29 is 14.3 Å². The van der Waals surface area contributed by atoms with Gasteiger partial charge in [-0.05, 0) is 23.3 Å². The van der Waals surface area contributed by atoms with E-state index in [2.05, 4.69) is 10.3 Å². The fourth-order valence-corrected chi connectivity index (χ4v) is 3.73. The molecule has 28 heavy (non-hydrogen) atoms. The molecule has 0 saturated carbocycles. The number of fused-ring (bicyclic) bond motifs is 2. The van der Waals surface area contributed by atoms with E-state index in [1.54, 1.807) is 24.5 Å². The van der Waals surface area contributed by atoms with Gasteiger partial charge in [-0.3, -0.25) is 9.78 Å². The maximum atomic E-state index is 13.2. The minimum absolute atomic E-state index is 0.212. The third kappa shape index (κ3) is 3.39. The molecule has 3 aromatic rings. The highest BCUT2D eigenvalue weighted by Gasteiger charge is 2.33. The predicted octanol–water partition coefficient (Wildman–Crippen LogP) is 4.19. The van der Waals surface area contributed by atoms with E-state index in [0.29, 0.717) is 17.3 Å². The number of amides is 2. The molecular formula is C21H18ClN3O3. The maximum absolute atomic E-state index is 13.2. The number of ether oxygens (including phenoxy) is 1. The number of benzene rings is 2. The Morgan fingerprint density at radius 3 is 2.86 bits per heavy atom. The largest absolute Gasteiger partial charge is 0.453 e. The molecule has 1 aliphatic heterocycles. The molecule has 0 spiro atoms. The van der Waals surface area contributed by atoms with Gasteiger partial charge in [0, 0.05) is 35.1 Å². The molecule has 1 aromatic heterocycles. The molecule has 1 aliphatic rings. The molecule has 0 fully saturated rings. The molecule has 2 aromatic carbocycles. The van der Waals surface area contributed by atoms with Crippen LogP contribution in [-0.4, -0.2) is 35.5 Å². The summed E-state index contributed by atoms with van der Waals surface area (Å²) in [5, 5.41) is 5.35. The van der Waals surface area contributed by atoms with Crippen LogP contribution in [0.3, 0.4) is 0 Å². The lowest BCUT2D eigenvalue weighted by molar-refractivity contribution is -0.118. The average molecular weight is 396 g/mol. The number of anilines is 1. The van der Waals surface area contributed by atoms with Crippen molar-refractivity contribution in [2.24, 2.45) is 0 Å². The van der Waals surface area contributed by atoms with Gasteiger partial charge in [0.25, 0.3) is 0 Å². The molecule has 0 saturated heterocycles. The number of halogens is 1. The lowest BCUT2D eigenvalue weighted by Gasteiger charge is -2.33. The predicted molar refractivity (Wildman–Crippen MR) is 107 cm³/mol. The number of nitrogens with zero attached hydrogens (tertiary/aromatic N) is 2. The molecule has 2 amide bonds. The van der Waals surface area contributed by atoms with Gasteiger partial charge in [0.1, 0.15) is 0 Å². The summed E-state index contributed by atoms with van der Waals surface area (Å²) < 4.78 is 4.85. The quantitative estimate of drug-likeness (QED) is 0.706. The van der Waals surface area contributed by atoms with Crippen molar-refractivity contribution in [2.45, 2.75) is 12.5 Å². The second-order valence-electron chi connectivity index (χ2n) is 6.64. The normalized spacial score (nSPS) is 15.8. The van der Waals surface area contributed by atoms with Gasteiger partial charge in [-0.15, -0.1) is 0 Å². The van der Waals surface area contributed by atoms with E-state index in [-0.39, 0.29) is 12.5 Å². The van der Waals surface area contributed by atoms with Crippen molar-refractivity contribution in [3.05, 3.63) is 71.0 Å². The number of carbonyl (C=O) groups excluding carboxylic acids is 2. The minimum Gasteiger partial charge on any atom is -0.453 e. The number of carbonyl (C=O) groups is 2. The van der Waals surface area contributed by atoms with Gasteiger partial charge in [0.2, 0.25) is 5.91 Å². The van der Waals surface area contributed by atoms with E-state index in [4.69, 9.17) is 16.3 Å². The van der Waals surface area contributed by atoms with Crippen molar-refractivity contribution in [2.75, 3.05) is 19.0 Å². The SMILES string of the molecule is COC(=O)N1Cc2ccc(Cl)cc2C(C(=O)Nc2cncc3ccccc23)C1. The molecule has 1 N–H and O–H groups in total. The highest BCUT2D eigenvalue weighted by molar-refractivity contribution is 6.30. The fraction of sp³-hybridized carbons (Fsp3) is 0.190. The van der Waals surface area contributed by atoms with Gasteiger partial charge >= 0.3 is 6.09 Å². The van der Waals surface area contributed by atoms with Crippen molar-refractivity contribution in [3.8, 4) is 0 Å². The molecule has 0 aliphatic carbocycles. The Labute approximate surface area is 167 Å². The standard InChI is InChI=1S/C21H18ClN3O3/c1-28-21(27)25-11-14-6-7-15(22)8-17(14)18(12-25)20(26)24-19-10-23-9-13-4-2-3-5-16(13)19/h2-10,18H,11-12H2,1H3,(H,24,26). The number of pyridine rings is 1. The molecule has 2 heterocycles. The van der Waals surface area contributed by atoms with Crippen LogP contribution in [-0.2, 0) is 16.1 Å². The summed E-state index contributed by atoms with van der Waals surface area (Å²) in [5.74, 6) is -0.796. The summed E-state index contributed by atoms with van der Waals surface area (Å²) in [6, 6.07) is 13.1. The summed E-state index contributed by atoms with van der Waals surface area (Å²) in [6.07, 6.45) is 2.91. The van der Waals surface area contributed by atoms with Gasteiger partial charge in [-0.2, -0.15) is 0 Å². The zero-order valence-electron chi connectivity index (χ0n) is 15.2. The van der Waals surface area contributed by atoms with Gasteiger partial charge in [-0.25, -0.2) is 4.79 Å². The first-order chi connectivity index (χ1) is 13.6. The number of hydrogen-bond acceptors (Lipinski definition) is 4. The number of rotatable bonds is 2. The van der Waals surface area contributed by atoms with Crippen LogP contribution in [0.4, 0.5) is 10.5 Å². The van der Waals surface area contributed by atoms with Crippen LogP contribution < -0.4 is 5.32 Å². The van der Waals surface area contributed by atoms with E-state index >= 15 is 0 Å². The van der Waals surface area contributed by atoms with E-state index in [0.717, 1.165) is 21.9 Å². The van der Waals surface area contributed by atoms with E-state index in [1.165, 1.54) is 12.0 Å². The third-order valence-corrected chi connectivity index (χ3v) is 5.16. The third-order valence-electron chi connectivity index (χ3n) is 4.92. The smallest absolute Gasteiger partial charge is 0.409 e. The highest BCUT2D eigenvalue weighted by Crippen LogP contribution is 2.32. The Hall–Kier alpha value is -3.12. The topological polar surface area (TPSA) is 71.5 Å². The summed E-state index contributed by atoms with van der Waals surface area (Å²) in [5.41, 5.74) is 2.32. The van der Waals surface area contributed by atoms with Crippen LogP contribution in [0.2, 0.25) is 5.02 Å². The van der Waals surface area contributed by atoms with Crippen molar-refractivity contribution >= 4 is 40.1 Å². The van der Waals surface area contributed by atoms with Gasteiger partial charge < -0.3 is 15.0 Å². The number of methoxy groups -OCH3 is 1. The molecule has 142 valence electrons. The molecule has 7 heteroatoms. The molecule has 0 radical (unpaired) electrons. The first-order valence-corrected chi connectivity index (χ1v) is 9.19. The Morgan fingerprint density at radius 1 is 1.21 bits per heavy atom. The molecule has 4 rings (SSSR count).